The summed E-state index contributed by atoms with van der Waals surface area (Å²) in [5, 5.41) is 2.71. The van der Waals surface area contributed by atoms with Gasteiger partial charge in [-0.25, -0.2) is 9.97 Å². The Bertz CT molecular complexity index is 1380. The smallest absolute Gasteiger partial charge is 0.161 e. The molecule has 0 aliphatic carbocycles. The molecule has 0 aliphatic heterocycles. The highest BCUT2D eigenvalue weighted by Gasteiger charge is 2.16. The average molecular weight is 401 g/mol. The summed E-state index contributed by atoms with van der Waals surface area (Å²) in [4.78, 5) is 9.83. The molecule has 4 aromatic carbocycles. The summed E-state index contributed by atoms with van der Waals surface area (Å²) in [6.07, 6.45) is 0. The van der Waals surface area contributed by atoms with Gasteiger partial charge in [0.2, 0.25) is 0 Å². The Morgan fingerprint density at radius 2 is 1.38 bits per heavy atom. The summed E-state index contributed by atoms with van der Waals surface area (Å²) in [6, 6.07) is 21.7. The van der Waals surface area contributed by atoms with Crippen LogP contribution in [0.15, 0.2) is 66.7 Å². The number of ether oxygens (including phenoxy) is 2. The van der Waals surface area contributed by atoms with Crippen LogP contribution in [0.5, 0.6) is 11.5 Å². The predicted octanol–water partition coefficient (Wildman–Crippen LogP) is 6.27. The van der Waals surface area contributed by atoms with Gasteiger partial charge >= 0.3 is 0 Å². The molecular weight excluding hydrogens is 384 g/mol. The van der Waals surface area contributed by atoms with E-state index in [1.807, 2.05) is 66.7 Å². The van der Waals surface area contributed by atoms with Gasteiger partial charge in [0.1, 0.15) is 0 Å². The zero-order valence-corrected chi connectivity index (χ0v) is 16.7. The third-order valence-electron chi connectivity index (χ3n) is 5.08. The molecule has 0 spiro atoms. The number of fused-ring (bicyclic) bond motifs is 3. The average Bonchev–Trinajstić information content (AvgIpc) is 2.76. The topological polar surface area (TPSA) is 44.2 Å². The van der Waals surface area contributed by atoms with Crippen LogP contribution in [0.2, 0.25) is 5.02 Å². The van der Waals surface area contributed by atoms with Gasteiger partial charge in [0.25, 0.3) is 0 Å². The van der Waals surface area contributed by atoms with Crippen LogP contribution in [0.4, 0.5) is 0 Å². The summed E-state index contributed by atoms with van der Waals surface area (Å²) in [6.45, 7) is 0. The second kappa shape index (κ2) is 6.90. The summed E-state index contributed by atoms with van der Waals surface area (Å²) in [5.74, 6) is 1.35. The molecule has 0 unspecified atom stereocenters. The van der Waals surface area contributed by atoms with Gasteiger partial charge in [-0.1, -0.05) is 35.9 Å². The van der Waals surface area contributed by atoms with E-state index in [9.17, 15) is 0 Å². The van der Waals surface area contributed by atoms with Crippen molar-refractivity contribution in [1.29, 1.82) is 0 Å². The van der Waals surface area contributed by atoms with Crippen molar-refractivity contribution in [1.82, 2.24) is 9.97 Å². The lowest BCUT2D eigenvalue weighted by Gasteiger charge is -2.15. The molecule has 0 aliphatic rings. The van der Waals surface area contributed by atoms with Crippen molar-refractivity contribution in [3.05, 3.63) is 71.8 Å². The number of aromatic nitrogens is 2. The first-order valence-corrected chi connectivity index (χ1v) is 9.57. The van der Waals surface area contributed by atoms with Gasteiger partial charge in [-0.2, -0.15) is 0 Å². The van der Waals surface area contributed by atoms with Crippen molar-refractivity contribution in [2.24, 2.45) is 0 Å². The molecule has 0 saturated carbocycles. The van der Waals surface area contributed by atoms with E-state index in [0.717, 1.165) is 44.0 Å². The standard InChI is InChI=1S/C24H17ClN2O2/c1-28-21-12-15-11-20-24(27-19-6-4-3-5-18(19)26-20)23(17(15)13-22(21)29-2)14-7-9-16(25)10-8-14/h3-13H,1-2H3. The number of hydrogen-bond acceptors (Lipinski definition) is 4. The maximum atomic E-state index is 6.14. The normalized spacial score (nSPS) is 11.3. The number of nitrogens with zero attached hydrogens (tertiary/aromatic N) is 2. The molecule has 0 bridgehead atoms. The molecule has 5 aromatic rings. The van der Waals surface area contributed by atoms with E-state index in [1.54, 1.807) is 14.2 Å². The third-order valence-corrected chi connectivity index (χ3v) is 5.34. The third kappa shape index (κ3) is 2.93. The minimum atomic E-state index is 0.670. The summed E-state index contributed by atoms with van der Waals surface area (Å²) in [5.41, 5.74) is 5.39. The van der Waals surface area contributed by atoms with Crippen molar-refractivity contribution in [3.8, 4) is 22.6 Å². The van der Waals surface area contributed by atoms with E-state index in [0.29, 0.717) is 16.5 Å². The van der Waals surface area contributed by atoms with Crippen LogP contribution in [-0.2, 0) is 0 Å². The highest BCUT2D eigenvalue weighted by atomic mass is 35.5. The molecule has 1 heterocycles. The molecule has 0 radical (unpaired) electrons. The van der Waals surface area contributed by atoms with E-state index in [2.05, 4.69) is 0 Å². The van der Waals surface area contributed by atoms with Crippen molar-refractivity contribution >= 4 is 44.4 Å². The minimum absolute atomic E-state index is 0.670. The van der Waals surface area contributed by atoms with E-state index >= 15 is 0 Å². The van der Waals surface area contributed by atoms with Crippen LogP contribution in [0.3, 0.4) is 0 Å². The van der Waals surface area contributed by atoms with Crippen LogP contribution in [0.25, 0.3) is 44.0 Å². The molecule has 0 atom stereocenters. The van der Waals surface area contributed by atoms with Crippen LogP contribution in [-0.4, -0.2) is 24.2 Å². The Morgan fingerprint density at radius 1 is 0.724 bits per heavy atom. The van der Waals surface area contributed by atoms with E-state index < -0.39 is 0 Å². The zero-order chi connectivity index (χ0) is 20.0. The number of para-hydroxylation sites is 2. The van der Waals surface area contributed by atoms with Crippen LogP contribution < -0.4 is 9.47 Å². The van der Waals surface area contributed by atoms with Crippen molar-refractivity contribution in [3.63, 3.8) is 0 Å². The Labute approximate surface area is 172 Å². The van der Waals surface area contributed by atoms with Gasteiger partial charge in [0, 0.05) is 10.6 Å². The summed E-state index contributed by atoms with van der Waals surface area (Å²) < 4.78 is 11.1. The molecule has 0 saturated heterocycles. The number of methoxy groups -OCH3 is 2. The Morgan fingerprint density at radius 3 is 2.07 bits per heavy atom. The molecular formula is C24H17ClN2O2. The highest BCUT2D eigenvalue weighted by molar-refractivity contribution is 6.30. The summed E-state index contributed by atoms with van der Waals surface area (Å²) >= 11 is 6.14. The monoisotopic (exact) mass is 400 g/mol. The maximum Gasteiger partial charge on any atom is 0.161 e. The molecule has 29 heavy (non-hydrogen) atoms. The predicted molar refractivity (Wildman–Crippen MR) is 118 cm³/mol. The summed E-state index contributed by atoms with van der Waals surface area (Å²) in [7, 11) is 3.28. The molecule has 1 aromatic heterocycles. The SMILES string of the molecule is COc1cc2cc3nc4ccccc4nc3c(-c3ccc(Cl)cc3)c2cc1OC. The minimum Gasteiger partial charge on any atom is -0.493 e. The van der Waals surface area contributed by atoms with E-state index in [-0.39, 0.29) is 0 Å². The van der Waals surface area contributed by atoms with Crippen molar-refractivity contribution < 1.29 is 9.47 Å². The van der Waals surface area contributed by atoms with Gasteiger partial charge in [0.05, 0.1) is 36.3 Å². The van der Waals surface area contributed by atoms with Gasteiger partial charge in [-0.3, -0.25) is 0 Å². The first kappa shape index (κ1) is 17.7. The van der Waals surface area contributed by atoms with Crippen molar-refractivity contribution in [2.75, 3.05) is 14.2 Å². The number of hydrogen-bond donors (Lipinski definition) is 0. The molecule has 142 valence electrons. The highest BCUT2D eigenvalue weighted by Crippen LogP contribution is 2.41. The Hall–Kier alpha value is -3.37. The Balaban J connectivity index is 1.97. The molecule has 0 fully saturated rings. The molecule has 5 rings (SSSR count). The molecule has 0 N–H and O–H groups in total. The molecule has 0 amide bonds. The van der Waals surface area contributed by atoms with Gasteiger partial charge in [-0.05, 0) is 58.8 Å². The molecule has 5 heteroatoms. The fourth-order valence-electron chi connectivity index (χ4n) is 3.71. The van der Waals surface area contributed by atoms with Gasteiger partial charge < -0.3 is 9.47 Å². The lowest BCUT2D eigenvalue weighted by atomic mass is 9.95. The van der Waals surface area contributed by atoms with E-state index in [1.165, 1.54) is 0 Å². The van der Waals surface area contributed by atoms with Crippen molar-refractivity contribution in [2.45, 2.75) is 0 Å². The maximum absolute atomic E-state index is 6.14. The van der Waals surface area contributed by atoms with Crippen LogP contribution >= 0.6 is 11.6 Å². The number of halogens is 1. The largest absolute Gasteiger partial charge is 0.493 e. The first-order chi connectivity index (χ1) is 14.2. The fourth-order valence-corrected chi connectivity index (χ4v) is 3.84. The fraction of sp³-hybridized carbons (Fsp3) is 0.0833. The lowest BCUT2D eigenvalue weighted by Crippen LogP contribution is -1.95. The first-order valence-electron chi connectivity index (χ1n) is 9.19. The van der Waals surface area contributed by atoms with E-state index in [4.69, 9.17) is 31.0 Å². The number of rotatable bonds is 3. The second-order valence-electron chi connectivity index (χ2n) is 6.77. The molecule has 4 nitrogen and oxygen atoms in total. The Kier molecular flexibility index (Phi) is 4.22. The van der Waals surface area contributed by atoms with Gasteiger partial charge in [-0.15, -0.1) is 0 Å². The van der Waals surface area contributed by atoms with Crippen LogP contribution in [0, 0.1) is 0 Å². The second-order valence-corrected chi connectivity index (χ2v) is 7.20. The number of benzene rings is 4. The quantitative estimate of drug-likeness (QED) is 0.334. The van der Waals surface area contributed by atoms with Gasteiger partial charge in [0.15, 0.2) is 11.5 Å². The lowest BCUT2D eigenvalue weighted by molar-refractivity contribution is 0.356. The van der Waals surface area contributed by atoms with Crippen LogP contribution in [0.1, 0.15) is 0 Å². The zero-order valence-electron chi connectivity index (χ0n) is 15.9.